The van der Waals surface area contributed by atoms with E-state index in [1.807, 2.05) is 10.7 Å². The normalized spacial score (nSPS) is 19.0. The minimum Gasteiger partial charge on any atom is -0.491 e. The summed E-state index contributed by atoms with van der Waals surface area (Å²) in [4.78, 5) is 6.57. The van der Waals surface area contributed by atoms with E-state index in [-0.39, 0.29) is 6.10 Å². The Bertz CT molecular complexity index is 582. The van der Waals surface area contributed by atoms with Crippen molar-refractivity contribution in [3.8, 4) is 5.75 Å². The molecule has 0 spiro atoms. The van der Waals surface area contributed by atoms with Crippen LogP contribution < -0.4 is 4.74 Å². The molecular formula is C17H24N4O. The highest BCUT2D eigenvalue weighted by Gasteiger charge is 2.25. The Hall–Kier alpha value is -1.88. The molecule has 0 N–H and O–H groups in total. The molecule has 1 aromatic carbocycles. The molecule has 0 radical (unpaired) electrons. The first-order valence-electron chi connectivity index (χ1n) is 8.03. The van der Waals surface area contributed by atoms with Crippen molar-refractivity contribution in [3.05, 3.63) is 42.5 Å². The predicted molar refractivity (Wildman–Crippen MR) is 85.7 cm³/mol. The van der Waals surface area contributed by atoms with Crippen LogP contribution in [0.3, 0.4) is 0 Å². The maximum Gasteiger partial charge on any atom is 0.137 e. The molecule has 0 unspecified atom stereocenters. The Morgan fingerprint density at radius 2 is 2.18 bits per heavy atom. The average Bonchev–Trinajstić information content (AvgIpc) is 3.14. The second-order valence-corrected chi connectivity index (χ2v) is 6.16. The summed E-state index contributed by atoms with van der Waals surface area (Å²) >= 11 is 0. The Morgan fingerprint density at radius 3 is 2.95 bits per heavy atom. The van der Waals surface area contributed by atoms with E-state index < -0.39 is 0 Å². The van der Waals surface area contributed by atoms with Crippen LogP contribution in [0.2, 0.25) is 0 Å². The number of rotatable bonds is 6. The van der Waals surface area contributed by atoms with E-state index in [9.17, 15) is 0 Å². The summed E-state index contributed by atoms with van der Waals surface area (Å²) in [5.41, 5.74) is 1.27. The highest BCUT2D eigenvalue weighted by atomic mass is 16.5. The lowest BCUT2D eigenvalue weighted by Crippen LogP contribution is -2.32. The molecule has 0 amide bonds. The first-order valence-corrected chi connectivity index (χ1v) is 8.03. The highest BCUT2D eigenvalue weighted by molar-refractivity contribution is 5.33. The van der Waals surface area contributed by atoms with Crippen LogP contribution in [0.25, 0.3) is 0 Å². The van der Waals surface area contributed by atoms with Crippen molar-refractivity contribution in [1.82, 2.24) is 19.7 Å². The molecule has 5 nitrogen and oxygen atoms in total. The quantitative estimate of drug-likeness (QED) is 0.823. The maximum atomic E-state index is 5.94. The van der Waals surface area contributed by atoms with E-state index in [0.717, 1.165) is 25.4 Å². The maximum absolute atomic E-state index is 5.94. The average molecular weight is 300 g/mol. The number of para-hydroxylation sites is 1. The van der Waals surface area contributed by atoms with Crippen molar-refractivity contribution >= 4 is 0 Å². The van der Waals surface area contributed by atoms with Gasteiger partial charge in [-0.3, -0.25) is 9.58 Å². The van der Waals surface area contributed by atoms with E-state index in [1.54, 1.807) is 12.7 Å². The van der Waals surface area contributed by atoms with Gasteiger partial charge in [0.2, 0.25) is 0 Å². The van der Waals surface area contributed by atoms with Crippen LogP contribution in [0.15, 0.2) is 36.9 Å². The van der Waals surface area contributed by atoms with E-state index in [1.165, 1.54) is 18.4 Å². The van der Waals surface area contributed by atoms with E-state index >= 15 is 0 Å². The number of nitrogens with zero attached hydrogens (tertiary/aromatic N) is 4. The van der Waals surface area contributed by atoms with Gasteiger partial charge in [0.05, 0.1) is 12.6 Å². The van der Waals surface area contributed by atoms with Gasteiger partial charge in [0, 0.05) is 18.2 Å². The van der Waals surface area contributed by atoms with Crippen molar-refractivity contribution in [2.75, 3.05) is 6.54 Å². The van der Waals surface area contributed by atoms with Crippen molar-refractivity contribution in [2.45, 2.75) is 51.9 Å². The number of likely N-dealkylation sites (tertiary alicyclic amines) is 1. The minimum atomic E-state index is 0.200. The van der Waals surface area contributed by atoms with Crippen LogP contribution in [0.5, 0.6) is 5.75 Å². The summed E-state index contributed by atoms with van der Waals surface area (Å²) in [6.07, 6.45) is 6.06. The van der Waals surface area contributed by atoms with E-state index in [0.29, 0.717) is 6.04 Å². The first-order chi connectivity index (χ1) is 10.7. The predicted octanol–water partition coefficient (Wildman–Crippen LogP) is 2.73. The van der Waals surface area contributed by atoms with Gasteiger partial charge in [-0.15, -0.1) is 0 Å². The van der Waals surface area contributed by atoms with Crippen molar-refractivity contribution in [3.63, 3.8) is 0 Å². The van der Waals surface area contributed by atoms with Crippen LogP contribution >= 0.6 is 0 Å². The molecule has 0 saturated carbocycles. The van der Waals surface area contributed by atoms with Gasteiger partial charge in [-0.1, -0.05) is 18.2 Å². The summed E-state index contributed by atoms with van der Waals surface area (Å²) in [5, 5.41) is 4.23. The highest BCUT2D eigenvalue weighted by Crippen LogP contribution is 2.26. The number of aromatic nitrogens is 3. The molecule has 2 heterocycles. The zero-order chi connectivity index (χ0) is 15.4. The summed E-state index contributed by atoms with van der Waals surface area (Å²) in [5.74, 6) is 1.00. The molecule has 1 atom stereocenters. The molecule has 118 valence electrons. The Kier molecular flexibility index (Phi) is 4.73. The molecule has 3 rings (SSSR count). The molecule has 1 saturated heterocycles. The van der Waals surface area contributed by atoms with Gasteiger partial charge in [-0.25, -0.2) is 4.98 Å². The lowest BCUT2D eigenvalue weighted by Gasteiger charge is -2.25. The molecule has 1 aliphatic heterocycles. The molecule has 1 fully saturated rings. The Morgan fingerprint density at radius 1 is 1.32 bits per heavy atom. The lowest BCUT2D eigenvalue weighted by molar-refractivity contribution is 0.206. The number of hydrogen-bond acceptors (Lipinski definition) is 4. The van der Waals surface area contributed by atoms with Gasteiger partial charge >= 0.3 is 0 Å². The van der Waals surface area contributed by atoms with Gasteiger partial charge in [-0.05, 0) is 39.3 Å². The summed E-state index contributed by atoms with van der Waals surface area (Å²) in [6.45, 7) is 7.12. The topological polar surface area (TPSA) is 43.2 Å². The van der Waals surface area contributed by atoms with Crippen LogP contribution in [-0.4, -0.2) is 38.4 Å². The van der Waals surface area contributed by atoms with Crippen LogP contribution in [0, 0.1) is 0 Å². The second kappa shape index (κ2) is 6.92. The van der Waals surface area contributed by atoms with Gasteiger partial charge in [0.15, 0.2) is 0 Å². The number of ether oxygens (including phenoxy) is 1. The molecule has 22 heavy (non-hydrogen) atoms. The molecule has 2 aromatic rings. The van der Waals surface area contributed by atoms with Crippen molar-refractivity contribution in [1.29, 1.82) is 0 Å². The van der Waals surface area contributed by atoms with Gasteiger partial charge in [-0.2, -0.15) is 5.10 Å². The first kappa shape index (κ1) is 15.0. The molecule has 1 aliphatic rings. The van der Waals surface area contributed by atoms with Crippen LogP contribution in [0.4, 0.5) is 0 Å². The fourth-order valence-corrected chi connectivity index (χ4v) is 3.08. The van der Waals surface area contributed by atoms with Crippen molar-refractivity contribution < 1.29 is 4.74 Å². The summed E-state index contributed by atoms with van der Waals surface area (Å²) < 4.78 is 7.87. The zero-order valence-corrected chi connectivity index (χ0v) is 13.4. The van der Waals surface area contributed by atoms with Gasteiger partial charge in [0.25, 0.3) is 0 Å². The van der Waals surface area contributed by atoms with Gasteiger partial charge < -0.3 is 4.74 Å². The zero-order valence-electron chi connectivity index (χ0n) is 13.4. The monoisotopic (exact) mass is 300 g/mol. The standard InChI is InChI=1S/C17H24N4O/c1-14(2)22-17-8-4-3-6-15(17)10-20-9-5-7-16(20)11-21-13-18-12-19-21/h3-4,6,8,12-14,16H,5,7,9-11H2,1-2H3/t16-/m0/s1. The van der Waals surface area contributed by atoms with Crippen molar-refractivity contribution in [2.24, 2.45) is 0 Å². The van der Waals surface area contributed by atoms with E-state index in [2.05, 4.69) is 47.0 Å². The lowest BCUT2D eigenvalue weighted by atomic mass is 10.1. The van der Waals surface area contributed by atoms with E-state index in [4.69, 9.17) is 4.74 Å². The molecule has 5 heteroatoms. The number of benzene rings is 1. The summed E-state index contributed by atoms with van der Waals surface area (Å²) in [6, 6.07) is 8.89. The molecular weight excluding hydrogens is 276 g/mol. The largest absolute Gasteiger partial charge is 0.491 e. The Balaban J connectivity index is 1.69. The van der Waals surface area contributed by atoms with Gasteiger partial charge in [0.1, 0.15) is 18.4 Å². The third kappa shape index (κ3) is 3.65. The third-order valence-corrected chi connectivity index (χ3v) is 4.07. The SMILES string of the molecule is CC(C)Oc1ccccc1CN1CCC[C@H]1Cn1cncn1. The smallest absolute Gasteiger partial charge is 0.137 e. The fraction of sp³-hybridized carbons (Fsp3) is 0.529. The minimum absolute atomic E-state index is 0.200. The second-order valence-electron chi connectivity index (χ2n) is 6.16. The number of hydrogen-bond donors (Lipinski definition) is 0. The molecule has 1 aromatic heterocycles. The molecule has 0 aliphatic carbocycles. The fourth-order valence-electron chi connectivity index (χ4n) is 3.08. The third-order valence-electron chi connectivity index (χ3n) is 4.07. The van der Waals surface area contributed by atoms with Crippen LogP contribution in [-0.2, 0) is 13.1 Å². The molecule has 0 bridgehead atoms. The summed E-state index contributed by atoms with van der Waals surface area (Å²) in [7, 11) is 0. The van der Waals surface area contributed by atoms with Crippen LogP contribution in [0.1, 0.15) is 32.3 Å². The Labute approximate surface area is 131 Å².